The predicted octanol–water partition coefficient (Wildman–Crippen LogP) is 2.79. The molecule has 0 aromatic rings. The molecule has 1 fully saturated rings. The summed E-state index contributed by atoms with van der Waals surface area (Å²) < 4.78 is 106. The van der Waals surface area contributed by atoms with Crippen LogP contribution in [0.1, 0.15) is 13.3 Å². The van der Waals surface area contributed by atoms with E-state index in [0.717, 1.165) is 0 Å². The van der Waals surface area contributed by atoms with Crippen LogP contribution in [0.5, 0.6) is 0 Å². The van der Waals surface area contributed by atoms with Gasteiger partial charge in [-0.05, 0) is 6.92 Å². The van der Waals surface area contributed by atoms with Gasteiger partial charge < -0.3 is 9.47 Å². The Kier molecular flexibility index (Phi) is 3.51. The molecule has 112 valence electrons. The summed E-state index contributed by atoms with van der Waals surface area (Å²) in [7, 11) is 0. The Labute approximate surface area is 100 Å². The van der Waals surface area contributed by atoms with Crippen molar-refractivity contribution in [2.24, 2.45) is 0 Å². The minimum atomic E-state index is -6.14. The Morgan fingerprint density at radius 1 is 1.05 bits per heavy atom. The average Bonchev–Trinajstić information content (AvgIpc) is 2.39. The Morgan fingerprint density at radius 2 is 1.47 bits per heavy atom. The van der Waals surface area contributed by atoms with Crippen molar-refractivity contribution >= 4 is 5.97 Å². The second-order valence-electron chi connectivity index (χ2n) is 3.91. The Morgan fingerprint density at radius 3 is 1.74 bits per heavy atom. The highest BCUT2D eigenvalue weighted by atomic mass is 19.4. The van der Waals surface area contributed by atoms with Crippen molar-refractivity contribution in [3.05, 3.63) is 0 Å². The lowest BCUT2D eigenvalue weighted by molar-refractivity contribution is -0.440. The molecule has 19 heavy (non-hydrogen) atoms. The van der Waals surface area contributed by atoms with E-state index in [4.69, 9.17) is 0 Å². The van der Waals surface area contributed by atoms with Crippen LogP contribution >= 0.6 is 0 Å². The van der Waals surface area contributed by atoms with Crippen molar-refractivity contribution in [3.63, 3.8) is 0 Å². The van der Waals surface area contributed by atoms with Gasteiger partial charge in [0.15, 0.2) is 6.10 Å². The van der Waals surface area contributed by atoms with Crippen molar-refractivity contribution in [3.8, 4) is 0 Å². The van der Waals surface area contributed by atoms with Crippen LogP contribution in [0.15, 0.2) is 0 Å². The number of ether oxygens (including phenoxy) is 2. The van der Waals surface area contributed by atoms with Crippen LogP contribution in [0.3, 0.4) is 0 Å². The van der Waals surface area contributed by atoms with E-state index in [1.807, 2.05) is 0 Å². The quantitative estimate of drug-likeness (QED) is 0.581. The summed E-state index contributed by atoms with van der Waals surface area (Å²) in [5, 5.41) is 0. The topological polar surface area (TPSA) is 35.5 Å². The molecule has 1 heterocycles. The van der Waals surface area contributed by atoms with Crippen LogP contribution in [0.2, 0.25) is 0 Å². The zero-order valence-electron chi connectivity index (χ0n) is 9.03. The molecule has 0 bridgehead atoms. The number of esters is 1. The highest BCUT2D eigenvalue weighted by Gasteiger charge is 2.80. The third-order valence-corrected chi connectivity index (χ3v) is 2.11. The van der Waals surface area contributed by atoms with E-state index in [1.54, 1.807) is 0 Å². The molecule has 0 aliphatic carbocycles. The normalized spacial score (nSPS) is 24.5. The SMILES string of the molecule is CC(F)(F)C[C@@H]1OC(C(F)(F)F)(C(F)(F)F)OC1=O. The molecule has 0 radical (unpaired) electrons. The number of cyclic esters (lactones) is 1. The van der Waals surface area contributed by atoms with Gasteiger partial charge in [-0.3, -0.25) is 0 Å². The number of hydrogen-bond donors (Lipinski definition) is 0. The summed E-state index contributed by atoms with van der Waals surface area (Å²) in [6.45, 7) is 0.213. The lowest BCUT2D eigenvalue weighted by Crippen LogP contribution is -2.58. The van der Waals surface area contributed by atoms with Gasteiger partial charge in [0.2, 0.25) is 5.92 Å². The lowest BCUT2D eigenvalue weighted by atomic mass is 10.1. The van der Waals surface area contributed by atoms with Crippen LogP contribution < -0.4 is 0 Å². The molecule has 0 N–H and O–H groups in total. The summed E-state index contributed by atoms with van der Waals surface area (Å²) in [4.78, 5) is 10.9. The summed E-state index contributed by atoms with van der Waals surface area (Å²) >= 11 is 0. The van der Waals surface area contributed by atoms with Crippen molar-refractivity contribution < 1.29 is 49.4 Å². The average molecular weight is 302 g/mol. The van der Waals surface area contributed by atoms with Crippen LogP contribution in [0.25, 0.3) is 0 Å². The number of hydrogen-bond acceptors (Lipinski definition) is 3. The van der Waals surface area contributed by atoms with Crippen LogP contribution in [0.4, 0.5) is 35.1 Å². The second-order valence-corrected chi connectivity index (χ2v) is 3.91. The lowest BCUT2D eigenvalue weighted by Gasteiger charge is -2.30. The Balaban J connectivity index is 3.11. The molecule has 0 aromatic carbocycles. The first-order valence-electron chi connectivity index (χ1n) is 4.61. The molecule has 1 rings (SSSR count). The van der Waals surface area contributed by atoms with Crippen molar-refractivity contribution in [2.75, 3.05) is 0 Å². The zero-order chi connectivity index (χ0) is 15.3. The third kappa shape index (κ3) is 2.90. The Bertz CT molecular complexity index is 352. The molecule has 0 saturated carbocycles. The van der Waals surface area contributed by atoms with Gasteiger partial charge in [-0.25, -0.2) is 13.6 Å². The summed E-state index contributed by atoms with van der Waals surface area (Å²) in [5.74, 6) is -11.0. The standard InChI is InChI=1S/C8H6F8O3/c1-5(9,10)2-3-4(17)19-6(18-3,7(11,12)13)8(14,15)16/h3H,2H2,1H3/t3-/m0/s1. The van der Waals surface area contributed by atoms with E-state index >= 15 is 0 Å². The number of carbonyl (C=O) groups excluding carboxylic acids is 1. The molecule has 0 spiro atoms. The van der Waals surface area contributed by atoms with Gasteiger partial charge in [-0.1, -0.05) is 0 Å². The molecule has 0 unspecified atom stereocenters. The predicted molar refractivity (Wildman–Crippen MR) is 41.0 cm³/mol. The first-order chi connectivity index (χ1) is 8.20. The fraction of sp³-hybridized carbons (Fsp3) is 0.875. The molecule has 3 nitrogen and oxygen atoms in total. The maximum atomic E-state index is 12.5. The van der Waals surface area contributed by atoms with E-state index in [0.29, 0.717) is 0 Å². The molecule has 0 amide bonds. The highest BCUT2D eigenvalue weighted by Crippen LogP contribution is 2.51. The van der Waals surface area contributed by atoms with Crippen molar-refractivity contribution in [1.82, 2.24) is 0 Å². The van der Waals surface area contributed by atoms with E-state index in [1.165, 1.54) is 0 Å². The molecular weight excluding hydrogens is 296 g/mol. The monoisotopic (exact) mass is 302 g/mol. The van der Waals surface area contributed by atoms with Crippen molar-refractivity contribution in [1.29, 1.82) is 0 Å². The van der Waals surface area contributed by atoms with Gasteiger partial charge >= 0.3 is 24.1 Å². The maximum Gasteiger partial charge on any atom is 0.465 e. The van der Waals surface area contributed by atoms with Gasteiger partial charge in [0.1, 0.15) is 0 Å². The number of carbonyl (C=O) groups is 1. The third-order valence-electron chi connectivity index (χ3n) is 2.11. The molecule has 1 saturated heterocycles. The summed E-state index contributed by atoms with van der Waals surface area (Å²) in [6, 6.07) is 0. The first kappa shape index (κ1) is 15.9. The van der Waals surface area contributed by atoms with Gasteiger partial charge in [-0.2, -0.15) is 26.3 Å². The van der Waals surface area contributed by atoms with Gasteiger partial charge in [-0.15, -0.1) is 0 Å². The van der Waals surface area contributed by atoms with Crippen molar-refractivity contribution in [2.45, 2.75) is 43.5 Å². The van der Waals surface area contributed by atoms with Gasteiger partial charge in [0.25, 0.3) is 0 Å². The van der Waals surface area contributed by atoms with E-state index in [9.17, 15) is 39.9 Å². The molecule has 11 heteroatoms. The Hall–Kier alpha value is -1.13. The number of alkyl halides is 8. The van der Waals surface area contributed by atoms with Crippen LogP contribution in [-0.2, 0) is 14.3 Å². The summed E-state index contributed by atoms with van der Waals surface area (Å²) in [6.07, 6.45) is -16.6. The number of rotatable bonds is 2. The maximum absolute atomic E-state index is 12.5. The minimum absolute atomic E-state index is 0.213. The van der Waals surface area contributed by atoms with Crippen LogP contribution in [0, 0.1) is 0 Å². The van der Waals surface area contributed by atoms with Gasteiger partial charge in [0.05, 0.1) is 0 Å². The smallest absolute Gasteiger partial charge is 0.414 e. The zero-order valence-corrected chi connectivity index (χ0v) is 9.03. The molecule has 1 aliphatic rings. The second kappa shape index (κ2) is 4.18. The molecule has 1 aliphatic heterocycles. The fourth-order valence-electron chi connectivity index (χ4n) is 1.34. The largest absolute Gasteiger partial charge is 0.465 e. The minimum Gasteiger partial charge on any atom is -0.414 e. The molecule has 0 aromatic heterocycles. The van der Waals surface area contributed by atoms with Gasteiger partial charge in [0, 0.05) is 6.42 Å². The highest BCUT2D eigenvalue weighted by molar-refractivity contribution is 5.77. The molecular formula is C8H6F8O3. The fourth-order valence-corrected chi connectivity index (χ4v) is 1.34. The number of halogens is 8. The van der Waals surface area contributed by atoms with E-state index in [-0.39, 0.29) is 6.92 Å². The van der Waals surface area contributed by atoms with E-state index in [2.05, 4.69) is 9.47 Å². The first-order valence-corrected chi connectivity index (χ1v) is 4.61. The van der Waals surface area contributed by atoms with E-state index < -0.39 is 42.6 Å². The van der Waals surface area contributed by atoms with Crippen LogP contribution in [-0.4, -0.2) is 36.1 Å². The summed E-state index contributed by atoms with van der Waals surface area (Å²) in [5.41, 5.74) is 0. The molecule has 1 atom stereocenters.